The minimum atomic E-state index is -0.274. The van der Waals surface area contributed by atoms with Crippen molar-refractivity contribution in [3.05, 3.63) is 58.3 Å². The molecular weight excluding hydrogens is 258 g/mol. The summed E-state index contributed by atoms with van der Waals surface area (Å²) in [5.41, 5.74) is 0.980. The van der Waals surface area contributed by atoms with Crippen molar-refractivity contribution in [3.8, 4) is 0 Å². The van der Waals surface area contributed by atoms with Crippen molar-refractivity contribution in [3.63, 3.8) is 0 Å². The Morgan fingerprint density at radius 2 is 1.63 bits per heavy atom. The van der Waals surface area contributed by atoms with Gasteiger partial charge in [-0.1, -0.05) is 36.4 Å². The van der Waals surface area contributed by atoms with Crippen LogP contribution in [0.1, 0.15) is 29.3 Å². The van der Waals surface area contributed by atoms with E-state index in [0.29, 0.717) is 12.8 Å². The number of carbonyl (C=O) groups is 2. The van der Waals surface area contributed by atoms with Gasteiger partial charge in [0.25, 0.3) is 0 Å². The van der Waals surface area contributed by atoms with E-state index in [1.54, 1.807) is 11.3 Å². The highest BCUT2D eigenvalue weighted by atomic mass is 32.1. The maximum Gasteiger partial charge on any atom is 0.230 e. The molecule has 0 bridgehead atoms. The monoisotopic (exact) mass is 271 g/mol. The molecule has 1 aromatic heterocycles. The first-order valence-electron chi connectivity index (χ1n) is 6.20. The molecular formula is C15H13NO2S. The van der Waals surface area contributed by atoms with Gasteiger partial charge in [0.2, 0.25) is 11.8 Å². The van der Waals surface area contributed by atoms with E-state index in [1.165, 1.54) is 4.90 Å². The zero-order valence-electron chi connectivity index (χ0n) is 10.3. The Morgan fingerprint density at radius 1 is 0.947 bits per heavy atom. The number of rotatable bonds is 3. The maximum absolute atomic E-state index is 12.0. The van der Waals surface area contributed by atoms with E-state index in [-0.39, 0.29) is 17.9 Å². The molecule has 3 rings (SSSR count). The van der Waals surface area contributed by atoms with Crippen molar-refractivity contribution in [2.75, 3.05) is 0 Å². The Kier molecular flexibility index (Phi) is 3.17. The van der Waals surface area contributed by atoms with Crippen LogP contribution in [0, 0.1) is 0 Å². The van der Waals surface area contributed by atoms with Crippen LogP contribution in [0.15, 0.2) is 47.8 Å². The Balaban J connectivity index is 2.07. The van der Waals surface area contributed by atoms with E-state index in [0.717, 1.165) is 10.4 Å². The first-order valence-corrected chi connectivity index (χ1v) is 7.08. The molecule has 1 aliphatic heterocycles. The number of carbonyl (C=O) groups excluding carboxylic acids is 2. The highest BCUT2D eigenvalue weighted by Crippen LogP contribution is 2.34. The lowest BCUT2D eigenvalue weighted by Crippen LogP contribution is -2.33. The van der Waals surface area contributed by atoms with Crippen LogP contribution in [0.25, 0.3) is 0 Å². The van der Waals surface area contributed by atoms with E-state index < -0.39 is 0 Å². The largest absolute Gasteiger partial charge is 0.274 e. The second-order valence-electron chi connectivity index (χ2n) is 4.49. The molecule has 2 heterocycles. The number of hydrogen-bond donors (Lipinski definition) is 0. The zero-order valence-corrected chi connectivity index (χ0v) is 11.1. The predicted octanol–water partition coefficient (Wildman–Crippen LogP) is 2.99. The van der Waals surface area contributed by atoms with Crippen molar-refractivity contribution in [2.24, 2.45) is 0 Å². The van der Waals surface area contributed by atoms with E-state index in [4.69, 9.17) is 0 Å². The van der Waals surface area contributed by atoms with Crippen molar-refractivity contribution < 1.29 is 9.59 Å². The molecule has 1 aromatic carbocycles. The number of imide groups is 1. The first kappa shape index (κ1) is 12.1. The van der Waals surface area contributed by atoms with Crippen LogP contribution in [0.2, 0.25) is 0 Å². The number of benzene rings is 1. The van der Waals surface area contributed by atoms with Gasteiger partial charge < -0.3 is 0 Å². The van der Waals surface area contributed by atoms with Gasteiger partial charge in [0, 0.05) is 17.7 Å². The minimum Gasteiger partial charge on any atom is -0.274 e. The number of thiophene rings is 1. The van der Waals surface area contributed by atoms with Crippen molar-refractivity contribution >= 4 is 23.2 Å². The summed E-state index contributed by atoms with van der Waals surface area (Å²) in [5, 5.41) is 1.97. The summed E-state index contributed by atoms with van der Waals surface area (Å²) >= 11 is 1.57. The van der Waals surface area contributed by atoms with Gasteiger partial charge in [-0.3, -0.25) is 14.5 Å². The van der Waals surface area contributed by atoms with Gasteiger partial charge >= 0.3 is 0 Å². The first-order chi connectivity index (χ1) is 9.27. The quantitative estimate of drug-likeness (QED) is 0.805. The molecule has 0 spiro atoms. The van der Waals surface area contributed by atoms with Crippen LogP contribution in [-0.2, 0) is 9.59 Å². The third-order valence-electron chi connectivity index (χ3n) is 3.28. The summed E-state index contributed by atoms with van der Waals surface area (Å²) in [6.45, 7) is 0. The molecule has 1 unspecified atom stereocenters. The smallest absolute Gasteiger partial charge is 0.230 e. The van der Waals surface area contributed by atoms with Gasteiger partial charge in [-0.05, 0) is 17.0 Å². The van der Waals surface area contributed by atoms with E-state index in [1.807, 2.05) is 47.8 Å². The van der Waals surface area contributed by atoms with Crippen molar-refractivity contribution in [2.45, 2.75) is 18.9 Å². The summed E-state index contributed by atoms with van der Waals surface area (Å²) in [6.07, 6.45) is 0.654. The van der Waals surface area contributed by atoms with Crippen LogP contribution < -0.4 is 0 Å². The van der Waals surface area contributed by atoms with Gasteiger partial charge in [-0.25, -0.2) is 0 Å². The Hall–Kier alpha value is -1.94. The topological polar surface area (TPSA) is 37.4 Å². The Bertz CT molecular complexity index is 576. The van der Waals surface area contributed by atoms with Gasteiger partial charge in [0.05, 0.1) is 6.04 Å². The lowest BCUT2D eigenvalue weighted by Gasteiger charge is -2.25. The average molecular weight is 271 g/mol. The highest BCUT2D eigenvalue weighted by molar-refractivity contribution is 7.10. The van der Waals surface area contributed by atoms with Crippen LogP contribution in [0.3, 0.4) is 0 Å². The molecule has 19 heavy (non-hydrogen) atoms. The molecule has 3 nitrogen and oxygen atoms in total. The summed E-state index contributed by atoms with van der Waals surface area (Å²) in [5.74, 6) is -0.153. The van der Waals surface area contributed by atoms with Crippen LogP contribution in [0.5, 0.6) is 0 Å². The molecule has 1 saturated heterocycles. The lowest BCUT2D eigenvalue weighted by molar-refractivity contribution is -0.140. The minimum absolute atomic E-state index is 0.0766. The molecule has 4 heteroatoms. The van der Waals surface area contributed by atoms with Gasteiger partial charge in [0.1, 0.15) is 0 Å². The van der Waals surface area contributed by atoms with Crippen LogP contribution in [0.4, 0.5) is 0 Å². The second kappa shape index (κ2) is 4.97. The van der Waals surface area contributed by atoms with Gasteiger partial charge in [-0.2, -0.15) is 0 Å². The molecule has 0 N–H and O–H groups in total. The summed E-state index contributed by atoms with van der Waals surface area (Å²) in [7, 11) is 0. The third-order valence-corrected chi connectivity index (χ3v) is 4.20. The number of amides is 2. The standard InChI is InChI=1S/C15H13NO2S/c17-13-8-9-14(18)16(13)15(12-7-4-10-19-12)11-5-2-1-3-6-11/h1-7,10,15H,8-9H2. The molecule has 0 saturated carbocycles. The normalized spacial score (nSPS) is 16.9. The Labute approximate surface area is 115 Å². The fourth-order valence-electron chi connectivity index (χ4n) is 2.40. The maximum atomic E-state index is 12.0. The zero-order chi connectivity index (χ0) is 13.2. The average Bonchev–Trinajstić information content (AvgIpc) is 3.06. The second-order valence-corrected chi connectivity index (χ2v) is 5.47. The predicted molar refractivity (Wildman–Crippen MR) is 73.7 cm³/mol. The lowest BCUT2D eigenvalue weighted by atomic mass is 10.0. The van der Waals surface area contributed by atoms with E-state index >= 15 is 0 Å². The SMILES string of the molecule is O=C1CCC(=O)N1C(c1ccccc1)c1cccs1. The van der Waals surface area contributed by atoms with Crippen molar-refractivity contribution in [1.82, 2.24) is 4.90 Å². The molecule has 2 aromatic rings. The molecule has 0 aliphatic carbocycles. The van der Waals surface area contributed by atoms with Crippen LogP contribution >= 0.6 is 11.3 Å². The van der Waals surface area contributed by atoms with Crippen molar-refractivity contribution in [1.29, 1.82) is 0 Å². The fourth-order valence-corrected chi connectivity index (χ4v) is 3.25. The van der Waals surface area contributed by atoms with Gasteiger partial charge in [-0.15, -0.1) is 11.3 Å². The van der Waals surface area contributed by atoms with E-state index in [2.05, 4.69) is 0 Å². The molecule has 1 atom stereocenters. The van der Waals surface area contributed by atoms with Gasteiger partial charge in [0.15, 0.2) is 0 Å². The number of hydrogen-bond acceptors (Lipinski definition) is 3. The highest BCUT2D eigenvalue weighted by Gasteiger charge is 2.36. The molecule has 96 valence electrons. The summed E-state index contributed by atoms with van der Waals surface area (Å²) < 4.78 is 0. The molecule has 1 aliphatic rings. The summed E-state index contributed by atoms with van der Waals surface area (Å²) in [4.78, 5) is 26.4. The fraction of sp³-hybridized carbons (Fsp3) is 0.200. The third kappa shape index (κ3) is 2.19. The van der Waals surface area contributed by atoms with E-state index in [9.17, 15) is 9.59 Å². The summed E-state index contributed by atoms with van der Waals surface area (Å²) in [6, 6.07) is 13.4. The number of likely N-dealkylation sites (tertiary alicyclic amines) is 1. The molecule has 2 amide bonds. The molecule has 1 fully saturated rings. The molecule has 0 radical (unpaired) electrons. The number of nitrogens with zero attached hydrogens (tertiary/aromatic N) is 1. The van der Waals surface area contributed by atoms with Crippen LogP contribution in [-0.4, -0.2) is 16.7 Å². The Morgan fingerprint density at radius 3 is 2.21 bits per heavy atom.